The van der Waals surface area contributed by atoms with E-state index in [1.54, 1.807) is 13.8 Å². The molecule has 0 heterocycles. The number of halogens is 3. The van der Waals surface area contributed by atoms with Crippen molar-refractivity contribution in [3.63, 3.8) is 0 Å². The zero-order valence-corrected chi connectivity index (χ0v) is 7.61. The van der Waals surface area contributed by atoms with E-state index >= 15 is 0 Å². The van der Waals surface area contributed by atoms with E-state index in [9.17, 15) is 18.0 Å². The highest BCUT2D eigenvalue weighted by Gasteiger charge is 2.41. The monoisotopic (exact) mass is 196 g/mol. The lowest BCUT2D eigenvalue weighted by Crippen LogP contribution is -2.28. The Kier molecular flexibility index (Phi) is 3.97. The van der Waals surface area contributed by atoms with Gasteiger partial charge in [-0.25, -0.2) is 4.79 Å². The van der Waals surface area contributed by atoms with Crippen LogP contribution in [0.25, 0.3) is 0 Å². The maximum absolute atomic E-state index is 11.7. The lowest BCUT2D eigenvalue weighted by molar-refractivity contribution is -0.202. The summed E-state index contributed by atoms with van der Waals surface area (Å²) in [6, 6.07) is 0. The van der Waals surface area contributed by atoms with E-state index in [-0.39, 0.29) is 0 Å². The SMILES string of the molecule is CC(C)=CC(C)OC(=O)C(F)(F)F. The number of alkyl halides is 3. The van der Waals surface area contributed by atoms with E-state index in [0.29, 0.717) is 0 Å². The van der Waals surface area contributed by atoms with Gasteiger partial charge in [0.15, 0.2) is 0 Å². The van der Waals surface area contributed by atoms with Gasteiger partial charge in [-0.2, -0.15) is 13.2 Å². The maximum atomic E-state index is 11.7. The molecule has 0 aliphatic carbocycles. The molecule has 0 aliphatic heterocycles. The largest absolute Gasteiger partial charge is 0.490 e. The van der Waals surface area contributed by atoms with Gasteiger partial charge in [-0.05, 0) is 26.8 Å². The van der Waals surface area contributed by atoms with Crippen molar-refractivity contribution in [1.29, 1.82) is 0 Å². The minimum absolute atomic E-state index is 0.794. The van der Waals surface area contributed by atoms with Gasteiger partial charge in [0.2, 0.25) is 0 Å². The highest BCUT2D eigenvalue weighted by atomic mass is 19.4. The molecule has 0 spiro atoms. The van der Waals surface area contributed by atoms with Gasteiger partial charge in [0.05, 0.1) is 0 Å². The van der Waals surface area contributed by atoms with Crippen LogP contribution in [0, 0.1) is 0 Å². The lowest BCUT2D eigenvalue weighted by atomic mass is 10.2. The Labute approximate surface area is 74.4 Å². The van der Waals surface area contributed by atoms with Crippen molar-refractivity contribution in [3.8, 4) is 0 Å². The average molecular weight is 196 g/mol. The molecule has 0 aromatic carbocycles. The highest BCUT2D eigenvalue weighted by Crippen LogP contribution is 2.17. The van der Waals surface area contributed by atoms with Gasteiger partial charge < -0.3 is 4.74 Å². The number of hydrogen-bond acceptors (Lipinski definition) is 2. The number of carbonyl (C=O) groups is 1. The summed E-state index contributed by atoms with van der Waals surface area (Å²) in [5.41, 5.74) is 0.794. The predicted octanol–water partition coefficient (Wildman–Crippen LogP) is 2.45. The van der Waals surface area contributed by atoms with Crippen LogP contribution in [0.1, 0.15) is 20.8 Å². The van der Waals surface area contributed by atoms with Gasteiger partial charge in [0.25, 0.3) is 0 Å². The molecule has 76 valence electrons. The van der Waals surface area contributed by atoms with Gasteiger partial charge in [0.1, 0.15) is 6.10 Å². The third-order valence-electron chi connectivity index (χ3n) is 1.09. The molecule has 5 heteroatoms. The Hall–Kier alpha value is -1.00. The summed E-state index contributed by atoms with van der Waals surface area (Å²) in [5, 5.41) is 0. The van der Waals surface area contributed by atoms with Crippen molar-refractivity contribution in [1.82, 2.24) is 0 Å². The maximum Gasteiger partial charge on any atom is 0.490 e. The van der Waals surface area contributed by atoms with Crippen LogP contribution in [0.3, 0.4) is 0 Å². The summed E-state index contributed by atoms with van der Waals surface area (Å²) in [5.74, 6) is -2.16. The van der Waals surface area contributed by atoms with Crippen molar-refractivity contribution in [3.05, 3.63) is 11.6 Å². The fourth-order valence-electron chi connectivity index (χ4n) is 0.739. The van der Waals surface area contributed by atoms with Crippen molar-refractivity contribution in [2.45, 2.75) is 33.1 Å². The topological polar surface area (TPSA) is 26.3 Å². The smallest absolute Gasteiger partial charge is 0.452 e. The van der Waals surface area contributed by atoms with Crippen LogP contribution in [0.5, 0.6) is 0 Å². The van der Waals surface area contributed by atoms with Gasteiger partial charge in [0, 0.05) is 0 Å². The number of carbonyl (C=O) groups excluding carboxylic acids is 1. The van der Waals surface area contributed by atoms with Gasteiger partial charge >= 0.3 is 12.1 Å². The van der Waals surface area contributed by atoms with Crippen molar-refractivity contribution >= 4 is 5.97 Å². The molecule has 0 fully saturated rings. The Bertz CT molecular complexity index is 214. The molecule has 13 heavy (non-hydrogen) atoms. The summed E-state index contributed by atoms with van der Waals surface area (Å²) in [6.45, 7) is 4.78. The first-order chi connectivity index (χ1) is 5.73. The molecule has 0 amide bonds. The van der Waals surface area contributed by atoms with Crippen LogP contribution in [-0.2, 0) is 9.53 Å². The fourth-order valence-corrected chi connectivity index (χ4v) is 0.739. The Morgan fingerprint density at radius 3 is 2.15 bits per heavy atom. The molecule has 0 saturated carbocycles. The molecule has 0 radical (unpaired) electrons. The van der Waals surface area contributed by atoms with Gasteiger partial charge in [-0.1, -0.05) is 5.57 Å². The molecule has 0 aromatic rings. The molecule has 2 nitrogen and oxygen atoms in total. The second-order valence-corrected chi connectivity index (χ2v) is 2.85. The molecule has 0 aromatic heterocycles. The van der Waals surface area contributed by atoms with Crippen LogP contribution in [-0.4, -0.2) is 18.2 Å². The molecule has 0 aliphatic rings. The Balaban J connectivity index is 4.16. The van der Waals surface area contributed by atoms with Crippen LogP contribution in [0.15, 0.2) is 11.6 Å². The van der Waals surface area contributed by atoms with Crippen molar-refractivity contribution in [2.24, 2.45) is 0 Å². The van der Waals surface area contributed by atoms with Crippen molar-refractivity contribution in [2.75, 3.05) is 0 Å². The summed E-state index contributed by atoms with van der Waals surface area (Å²) in [4.78, 5) is 10.3. The number of ether oxygens (including phenoxy) is 1. The van der Waals surface area contributed by atoms with Crippen LogP contribution < -0.4 is 0 Å². The molecule has 0 saturated heterocycles. The van der Waals surface area contributed by atoms with Crippen LogP contribution >= 0.6 is 0 Å². The highest BCUT2D eigenvalue weighted by molar-refractivity contribution is 5.75. The first-order valence-corrected chi connectivity index (χ1v) is 3.66. The summed E-state index contributed by atoms with van der Waals surface area (Å²) < 4.78 is 39.0. The molecule has 1 atom stereocenters. The second kappa shape index (κ2) is 4.30. The van der Waals surface area contributed by atoms with Gasteiger partial charge in [-0.3, -0.25) is 0 Å². The van der Waals surface area contributed by atoms with E-state index < -0.39 is 18.2 Å². The predicted molar refractivity (Wildman–Crippen MR) is 41.0 cm³/mol. The van der Waals surface area contributed by atoms with E-state index in [1.807, 2.05) is 0 Å². The number of rotatable bonds is 2. The summed E-state index contributed by atoms with van der Waals surface area (Å²) in [6.07, 6.45) is -4.33. The molecule has 0 rings (SSSR count). The molecular formula is C8H11F3O2. The van der Waals surface area contributed by atoms with E-state index in [4.69, 9.17) is 0 Å². The summed E-state index contributed by atoms with van der Waals surface area (Å²) in [7, 11) is 0. The zero-order valence-electron chi connectivity index (χ0n) is 7.61. The minimum Gasteiger partial charge on any atom is -0.452 e. The van der Waals surface area contributed by atoms with Gasteiger partial charge in [-0.15, -0.1) is 0 Å². The van der Waals surface area contributed by atoms with Crippen LogP contribution in [0.4, 0.5) is 13.2 Å². The first kappa shape index (κ1) is 12.0. The first-order valence-electron chi connectivity index (χ1n) is 3.66. The Morgan fingerprint density at radius 1 is 1.38 bits per heavy atom. The van der Waals surface area contributed by atoms with E-state index in [1.165, 1.54) is 13.0 Å². The van der Waals surface area contributed by atoms with Crippen LogP contribution in [0.2, 0.25) is 0 Å². The van der Waals surface area contributed by atoms with E-state index in [0.717, 1.165) is 5.57 Å². The fraction of sp³-hybridized carbons (Fsp3) is 0.625. The zero-order chi connectivity index (χ0) is 10.6. The Morgan fingerprint density at radius 2 is 1.85 bits per heavy atom. The number of hydrogen-bond donors (Lipinski definition) is 0. The normalized spacial score (nSPS) is 13.4. The molecule has 0 N–H and O–H groups in total. The quantitative estimate of drug-likeness (QED) is 0.501. The number of allylic oxidation sites excluding steroid dienone is 1. The lowest BCUT2D eigenvalue weighted by Gasteiger charge is -2.11. The standard InChI is InChI=1S/C8H11F3O2/c1-5(2)4-6(3)13-7(12)8(9,10)11/h4,6H,1-3H3. The molecule has 1 unspecified atom stereocenters. The summed E-state index contributed by atoms with van der Waals surface area (Å²) >= 11 is 0. The van der Waals surface area contributed by atoms with Crippen molar-refractivity contribution < 1.29 is 22.7 Å². The second-order valence-electron chi connectivity index (χ2n) is 2.85. The minimum atomic E-state index is -4.91. The third kappa shape index (κ3) is 5.27. The molecule has 0 bridgehead atoms. The third-order valence-corrected chi connectivity index (χ3v) is 1.09. The molecular weight excluding hydrogens is 185 g/mol. The van der Waals surface area contributed by atoms with E-state index in [2.05, 4.69) is 4.74 Å². The number of esters is 1. The average Bonchev–Trinajstić information content (AvgIpc) is 1.82.